The van der Waals surface area contributed by atoms with E-state index in [1.54, 1.807) is 51.0 Å². The highest BCUT2D eigenvalue weighted by molar-refractivity contribution is 6.00. The van der Waals surface area contributed by atoms with Gasteiger partial charge in [-0.05, 0) is 63.8 Å². The lowest BCUT2D eigenvalue weighted by atomic mass is 9.75. The molecule has 2 aromatic rings. The quantitative estimate of drug-likeness (QED) is 0.428. The summed E-state index contributed by atoms with van der Waals surface area (Å²) in [5.41, 5.74) is 5.43. The number of methoxy groups -OCH3 is 1. The van der Waals surface area contributed by atoms with Crippen LogP contribution in [0.2, 0.25) is 0 Å². The molecule has 4 N–H and O–H groups in total. The summed E-state index contributed by atoms with van der Waals surface area (Å²) < 4.78 is 11.4. The maximum atomic E-state index is 13.7. The van der Waals surface area contributed by atoms with Crippen molar-refractivity contribution in [2.24, 2.45) is 10.7 Å². The summed E-state index contributed by atoms with van der Waals surface area (Å²) in [5.74, 6) is 0.358. The van der Waals surface area contributed by atoms with Crippen LogP contribution in [0.4, 0.5) is 0 Å². The van der Waals surface area contributed by atoms with Gasteiger partial charge in [-0.3, -0.25) is 14.5 Å². The monoisotopic (exact) mass is 550 g/mol. The fraction of sp³-hybridized carbons (Fsp3) is 0.516. The lowest BCUT2D eigenvalue weighted by Gasteiger charge is -2.49. The third kappa shape index (κ3) is 5.32. The first kappa shape index (κ1) is 29.6. The number of rotatable bonds is 9. The molecule has 9 nitrogen and oxygen atoms in total. The number of benzene rings is 2. The highest BCUT2D eigenvalue weighted by Gasteiger charge is 2.53. The maximum Gasteiger partial charge on any atom is 0.251 e. The predicted octanol–water partition coefficient (Wildman–Crippen LogP) is 4.26. The molecule has 9 heteroatoms. The second-order valence-electron chi connectivity index (χ2n) is 11.5. The number of nitrogens with zero attached hydrogens (tertiary/aromatic N) is 2. The molecular weight excluding hydrogens is 508 g/mol. The summed E-state index contributed by atoms with van der Waals surface area (Å²) in [6.45, 7) is 9.70. The van der Waals surface area contributed by atoms with Gasteiger partial charge in [-0.2, -0.15) is 0 Å². The molecule has 0 aromatic heterocycles. The van der Waals surface area contributed by atoms with Crippen molar-refractivity contribution in [1.82, 2.24) is 10.2 Å². The molecule has 0 aliphatic carbocycles. The Balaban J connectivity index is 1.67. The number of guanidine groups is 1. The van der Waals surface area contributed by atoms with Gasteiger partial charge < -0.3 is 25.6 Å². The Morgan fingerprint density at radius 1 is 1.20 bits per heavy atom. The first-order valence-corrected chi connectivity index (χ1v) is 14.0. The van der Waals surface area contributed by atoms with Gasteiger partial charge in [0.25, 0.3) is 5.91 Å². The molecule has 216 valence electrons. The van der Waals surface area contributed by atoms with Gasteiger partial charge in [-0.15, -0.1) is 0 Å². The van der Waals surface area contributed by atoms with Crippen LogP contribution in [0.1, 0.15) is 93.9 Å². The van der Waals surface area contributed by atoms with Crippen molar-refractivity contribution in [3.63, 3.8) is 0 Å². The van der Waals surface area contributed by atoms with Crippen LogP contribution >= 0.6 is 0 Å². The van der Waals surface area contributed by atoms with Crippen molar-refractivity contribution in [3.05, 3.63) is 65.2 Å². The summed E-state index contributed by atoms with van der Waals surface area (Å²) in [6, 6.07) is 13.4. The second-order valence-corrected chi connectivity index (χ2v) is 11.5. The maximum absolute atomic E-state index is 13.7. The lowest BCUT2D eigenvalue weighted by Crippen LogP contribution is -2.62. The molecule has 2 aliphatic heterocycles. The summed E-state index contributed by atoms with van der Waals surface area (Å²) >= 11 is 0. The molecule has 2 aromatic carbocycles. The van der Waals surface area contributed by atoms with E-state index in [0.29, 0.717) is 29.9 Å². The van der Waals surface area contributed by atoms with Crippen LogP contribution < -0.4 is 15.8 Å². The SMILES string of the molecule is CCC1(CC)CC(=O)N(C(CCOC)c2cccc(C(=O)NC3c4ccccc4OC(C)(C)C3(C)O)c2)C(N)=N1. The minimum atomic E-state index is -1.40. The largest absolute Gasteiger partial charge is 0.484 e. The van der Waals surface area contributed by atoms with Crippen LogP contribution in [0.5, 0.6) is 5.75 Å². The zero-order chi connectivity index (χ0) is 29.3. The number of carbonyl (C=O) groups excluding carboxylic acids is 2. The summed E-state index contributed by atoms with van der Waals surface area (Å²) in [7, 11) is 1.61. The summed E-state index contributed by atoms with van der Waals surface area (Å²) in [5, 5.41) is 14.6. The van der Waals surface area contributed by atoms with E-state index < -0.39 is 28.8 Å². The van der Waals surface area contributed by atoms with Crippen molar-refractivity contribution >= 4 is 17.8 Å². The molecule has 3 unspecified atom stereocenters. The second kappa shape index (κ2) is 11.2. The molecule has 0 saturated carbocycles. The molecule has 0 saturated heterocycles. The molecule has 4 rings (SSSR count). The number of hydrogen-bond donors (Lipinski definition) is 3. The van der Waals surface area contributed by atoms with Gasteiger partial charge in [0.1, 0.15) is 17.0 Å². The summed E-state index contributed by atoms with van der Waals surface area (Å²) in [4.78, 5) is 33.4. The molecule has 3 atom stereocenters. The Bertz CT molecular complexity index is 1280. The van der Waals surface area contributed by atoms with Gasteiger partial charge >= 0.3 is 0 Å². The molecule has 40 heavy (non-hydrogen) atoms. The number of hydrogen-bond acceptors (Lipinski definition) is 7. The fourth-order valence-electron chi connectivity index (χ4n) is 5.66. The average Bonchev–Trinajstić information content (AvgIpc) is 2.92. The molecule has 0 fully saturated rings. The molecule has 2 aliphatic rings. The van der Waals surface area contributed by atoms with E-state index in [-0.39, 0.29) is 24.2 Å². The third-order valence-corrected chi connectivity index (χ3v) is 8.76. The van der Waals surface area contributed by atoms with Gasteiger partial charge in [0.05, 0.1) is 24.0 Å². The summed E-state index contributed by atoms with van der Waals surface area (Å²) in [6.07, 6.45) is 2.19. The molecule has 0 radical (unpaired) electrons. The predicted molar refractivity (Wildman–Crippen MR) is 154 cm³/mol. The Hall–Kier alpha value is -3.43. The van der Waals surface area contributed by atoms with Crippen molar-refractivity contribution in [2.45, 2.75) is 89.1 Å². The van der Waals surface area contributed by atoms with E-state index in [2.05, 4.69) is 5.32 Å². The molecule has 2 heterocycles. The number of para-hydroxylation sites is 1. The number of ether oxygens (including phenoxy) is 2. The smallest absolute Gasteiger partial charge is 0.251 e. The van der Waals surface area contributed by atoms with Gasteiger partial charge in [0, 0.05) is 24.8 Å². The zero-order valence-electron chi connectivity index (χ0n) is 24.4. The van der Waals surface area contributed by atoms with Crippen LogP contribution in [0, 0.1) is 0 Å². The normalized spacial score (nSPS) is 24.0. The number of aliphatic hydroxyl groups is 1. The van der Waals surface area contributed by atoms with Crippen LogP contribution in [-0.2, 0) is 9.53 Å². The van der Waals surface area contributed by atoms with Crippen molar-refractivity contribution in [3.8, 4) is 5.75 Å². The van der Waals surface area contributed by atoms with E-state index >= 15 is 0 Å². The average molecular weight is 551 g/mol. The number of nitrogens with one attached hydrogen (secondary N) is 1. The van der Waals surface area contributed by atoms with Crippen LogP contribution in [0.15, 0.2) is 53.5 Å². The van der Waals surface area contributed by atoms with E-state index in [0.717, 1.165) is 18.4 Å². The van der Waals surface area contributed by atoms with Crippen LogP contribution in [0.3, 0.4) is 0 Å². The minimum Gasteiger partial charge on any atom is -0.484 e. The Labute approximate surface area is 236 Å². The van der Waals surface area contributed by atoms with Gasteiger partial charge in [0.2, 0.25) is 5.91 Å². The van der Waals surface area contributed by atoms with Gasteiger partial charge in [-0.1, -0.05) is 44.2 Å². The van der Waals surface area contributed by atoms with Crippen molar-refractivity contribution in [2.75, 3.05) is 13.7 Å². The standard InChI is InChI=1S/C31H42N4O5/c1-7-31(8-2)19-25(36)35(28(32)34-31)23(16-17-39-6)20-12-11-13-21(18-20)27(37)33-26-22-14-9-10-15-24(22)40-29(3,4)30(26,5)38/h9-15,18,23,26,38H,7-8,16-17,19H2,1-6H3,(H2,32,34)(H,33,37). The van der Waals surface area contributed by atoms with Crippen molar-refractivity contribution < 1.29 is 24.2 Å². The van der Waals surface area contributed by atoms with E-state index in [1.165, 1.54) is 0 Å². The Morgan fingerprint density at radius 3 is 2.55 bits per heavy atom. The van der Waals surface area contributed by atoms with Crippen LogP contribution in [-0.4, -0.2) is 58.2 Å². The zero-order valence-corrected chi connectivity index (χ0v) is 24.4. The third-order valence-electron chi connectivity index (χ3n) is 8.76. The molecule has 0 spiro atoms. The van der Waals surface area contributed by atoms with Gasteiger partial charge in [0.15, 0.2) is 5.96 Å². The van der Waals surface area contributed by atoms with Gasteiger partial charge in [-0.25, -0.2) is 4.99 Å². The van der Waals surface area contributed by atoms with E-state index in [9.17, 15) is 14.7 Å². The first-order valence-electron chi connectivity index (χ1n) is 14.0. The van der Waals surface area contributed by atoms with Crippen LogP contribution in [0.25, 0.3) is 0 Å². The fourth-order valence-corrected chi connectivity index (χ4v) is 5.66. The number of fused-ring (bicyclic) bond motifs is 1. The number of aliphatic imine (C=N–C) groups is 1. The highest BCUT2D eigenvalue weighted by atomic mass is 16.5. The molecule has 2 amide bonds. The topological polar surface area (TPSA) is 126 Å². The Kier molecular flexibility index (Phi) is 8.28. The highest BCUT2D eigenvalue weighted by Crippen LogP contribution is 2.46. The number of amides is 2. The molecule has 0 bridgehead atoms. The minimum absolute atomic E-state index is 0.0933. The number of carbonyl (C=O) groups is 2. The van der Waals surface area contributed by atoms with E-state index in [1.807, 2.05) is 44.2 Å². The molecular formula is C31H42N4O5. The Morgan fingerprint density at radius 2 is 1.90 bits per heavy atom. The van der Waals surface area contributed by atoms with Crippen molar-refractivity contribution in [1.29, 1.82) is 0 Å². The first-order chi connectivity index (χ1) is 18.9. The lowest BCUT2D eigenvalue weighted by molar-refractivity contribution is -0.137. The number of nitrogens with two attached hydrogens (primary N) is 1. The van der Waals surface area contributed by atoms with E-state index in [4.69, 9.17) is 20.2 Å².